The van der Waals surface area contributed by atoms with Crippen LogP contribution in [-0.4, -0.2) is 34.5 Å². The third-order valence-electron chi connectivity index (χ3n) is 4.30. The summed E-state index contributed by atoms with van der Waals surface area (Å²) < 4.78 is 0. The molecule has 0 aliphatic carbocycles. The highest BCUT2D eigenvalue weighted by molar-refractivity contribution is 5.84. The van der Waals surface area contributed by atoms with E-state index in [2.05, 4.69) is 31.2 Å². The number of carbonyl (C=O) groups is 2. The molecule has 0 saturated carbocycles. The molecule has 4 heteroatoms. The minimum atomic E-state index is -0.888. The predicted octanol–water partition coefficient (Wildman–Crippen LogP) is 2.82. The van der Waals surface area contributed by atoms with E-state index in [0.29, 0.717) is 19.4 Å². The van der Waals surface area contributed by atoms with Crippen LogP contribution >= 0.6 is 0 Å². The van der Waals surface area contributed by atoms with Crippen molar-refractivity contribution >= 4 is 11.9 Å². The van der Waals surface area contributed by atoms with Gasteiger partial charge < -0.3 is 10.0 Å². The van der Waals surface area contributed by atoms with E-state index in [4.69, 9.17) is 5.11 Å². The van der Waals surface area contributed by atoms with Gasteiger partial charge in [-0.05, 0) is 36.3 Å². The average Bonchev–Trinajstić information content (AvgIpc) is 2.97. The van der Waals surface area contributed by atoms with Crippen molar-refractivity contribution in [1.82, 2.24) is 4.90 Å². The Hall–Kier alpha value is -1.84. The van der Waals surface area contributed by atoms with Crippen LogP contribution in [0.25, 0.3) is 0 Å². The van der Waals surface area contributed by atoms with Crippen LogP contribution in [0.3, 0.4) is 0 Å². The SMILES string of the molecule is CCc1ccc(C(C)CC(=O)N2CCCC2C(=O)O)cc1. The van der Waals surface area contributed by atoms with Crippen LogP contribution in [0.4, 0.5) is 0 Å². The number of carbonyl (C=O) groups excluding carboxylic acids is 1. The van der Waals surface area contributed by atoms with Gasteiger partial charge in [-0.15, -0.1) is 0 Å². The molecule has 1 aromatic rings. The lowest BCUT2D eigenvalue weighted by Crippen LogP contribution is -2.40. The number of aliphatic carboxylic acids is 1. The lowest BCUT2D eigenvalue weighted by molar-refractivity contribution is -0.148. The van der Waals surface area contributed by atoms with Gasteiger partial charge in [0, 0.05) is 13.0 Å². The highest BCUT2D eigenvalue weighted by Crippen LogP contribution is 2.24. The highest BCUT2D eigenvalue weighted by atomic mass is 16.4. The number of rotatable bonds is 5. The average molecular weight is 289 g/mol. The second-order valence-electron chi connectivity index (χ2n) is 5.78. The first kappa shape index (κ1) is 15.5. The van der Waals surface area contributed by atoms with Crippen LogP contribution in [0.1, 0.15) is 50.2 Å². The van der Waals surface area contributed by atoms with Crippen molar-refractivity contribution in [3.05, 3.63) is 35.4 Å². The summed E-state index contributed by atoms with van der Waals surface area (Å²) >= 11 is 0. The van der Waals surface area contributed by atoms with Gasteiger partial charge in [-0.25, -0.2) is 4.79 Å². The Bertz CT molecular complexity index is 509. The topological polar surface area (TPSA) is 57.6 Å². The lowest BCUT2D eigenvalue weighted by Gasteiger charge is -2.23. The van der Waals surface area contributed by atoms with Crippen LogP contribution < -0.4 is 0 Å². The van der Waals surface area contributed by atoms with Gasteiger partial charge in [0.25, 0.3) is 0 Å². The lowest BCUT2D eigenvalue weighted by atomic mass is 9.95. The molecule has 1 N–H and O–H groups in total. The molecule has 1 aliphatic rings. The van der Waals surface area contributed by atoms with Crippen LogP contribution in [0.5, 0.6) is 0 Å². The van der Waals surface area contributed by atoms with Gasteiger partial charge in [-0.2, -0.15) is 0 Å². The van der Waals surface area contributed by atoms with Gasteiger partial charge in [0.1, 0.15) is 6.04 Å². The molecule has 1 amide bonds. The molecule has 1 heterocycles. The molecule has 1 aliphatic heterocycles. The van der Waals surface area contributed by atoms with Gasteiger partial charge in [-0.1, -0.05) is 38.1 Å². The predicted molar refractivity (Wildman–Crippen MR) is 81.2 cm³/mol. The first-order valence-corrected chi connectivity index (χ1v) is 7.64. The number of nitrogens with zero attached hydrogens (tertiary/aromatic N) is 1. The van der Waals surface area contributed by atoms with Gasteiger partial charge >= 0.3 is 5.97 Å². The van der Waals surface area contributed by atoms with Gasteiger partial charge in [-0.3, -0.25) is 4.79 Å². The van der Waals surface area contributed by atoms with Crippen molar-refractivity contribution in [2.45, 2.75) is 51.5 Å². The maximum absolute atomic E-state index is 12.3. The number of aryl methyl sites for hydroxylation is 1. The monoisotopic (exact) mass is 289 g/mol. The van der Waals surface area contributed by atoms with E-state index in [9.17, 15) is 9.59 Å². The quantitative estimate of drug-likeness (QED) is 0.906. The van der Waals surface area contributed by atoms with Crippen molar-refractivity contribution in [3.63, 3.8) is 0 Å². The number of amides is 1. The van der Waals surface area contributed by atoms with Gasteiger partial charge in [0.2, 0.25) is 5.91 Å². The molecule has 2 atom stereocenters. The number of likely N-dealkylation sites (tertiary alicyclic amines) is 1. The maximum atomic E-state index is 12.3. The van der Waals surface area contributed by atoms with Crippen molar-refractivity contribution in [2.75, 3.05) is 6.54 Å². The first-order chi connectivity index (χ1) is 10.0. The Labute approximate surface area is 125 Å². The fourth-order valence-electron chi connectivity index (χ4n) is 2.90. The summed E-state index contributed by atoms with van der Waals surface area (Å²) in [6.45, 7) is 4.70. The Balaban J connectivity index is 1.99. The van der Waals surface area contributed by atoms with E-state index < -0.39 is 12.0 Å². The molecule has 21 heavy (non-hydrogen) atoms. The summed E-state index contributed by atoms with van der Waals surface area (Å²) in [7, 11) is 0. The normalized spacial score (nSPS) is 19.5. The van der Waals surface area contributed by atoms with Crippen molar-refractivity contribution in [3.8, 4) is 0 Å². The van der Waals surface area contributed by atoms with E-state index in [0.717, 1.165) is 18.4 Å². The third kappa shape index (κ3) is 3.63. The molecule has 2 unspecified atom stereocenters. The minimum absolute atomic E-state index is 0.0491. The number of hydrogen-bond acceptors (Lipinski definition) is 2. The van der Waals surface area contributed by atoms with E-state index in [1.165, 1.54) is 10.5 Å². The van der Waals surface area contributed by atoms with E-state index in [1.54, 1.807) is 0 Å². The fourth-order valence-corrected chi connectivity index (χ4v) is 2.90. The number of benzene rings is 1. The van der Waals surface area contributed by atoms with Gasteiger partial charge in [0.15, 0.2) is 0 Å². The Morgan fingerprint density at radius 3 is 2.57 bits per heavy atom. The highest BCUT2D eigenvalue weighted by Gasteiger charge is 2.34. The van der Waals surface area contributed by atoms with Crippen LogP contribution in [0.15, 0.2) is 24.3 Å². The fraction of sp³-hybridized carbons (Fsp3) is 0.529. The van der Waals surface area contributed by atoms with Crippen LogP contribution in [-0.2, 0) is 16.0 Å². The van der Waals surface area contributed by atoms with Crippen LogP contribution in [0.2, 0.25) is 0 Å². The molecule has 1 fully saturated rings. The Kier molecular flexibility index (Phi) is 4.99. The zero-order valence-electron chi connectivity index (χ0n) is 12.7. The Morgan fingerprint density at radius 1 is 1.33 bits per heavy atom. The summed E-state index contributed by atoms with van der Waals surface area (Å²) in [6, 6.07) is 7.68. The van der Waals surface area contributed by atoms with Crippen molar-refractivity contribution < 1.29 is 14.7 Å². The van der Waals surface area contributed by atoms with Crippen molar-refractivity contribution in [1.29, 1.82) is 0 Å². The second kappa shape index (κ2) is 6.74. The number of carboxylic acid groups (broad SMARTS) is 1. The van der Waals surface area contributed by atoms with E-state index >= 15 is 0 Å². The molecule has 0 bridgehead atoms. The maximum Gasteiger partial charge on any atom is 0.326 e. The summed E-state index contributed by atoms with van der Waals surface area (Å²) in [5, 5.41) is 9.15. The molecule has 1 aromatic carbocycles. The van der Waals surface area contributed by atoms with E-state index in [1.807, 2.05) is 6.92 Å². The second-order valence-corrected chi connectivity index (χ2v) is 5.78. The number of hydrogen-bond donors (Lipinski definition) is 1. The molecule has 0 spiro atoms. The molecule has 1 saturated heterocycles. The van der Waals surface area contributed by atoms with E-state index in [-0.39, 0.29) is 11.8 Å². The van der Waals surface area contributed by atoms with Gasteiger partial charge in [0.05, 0.1) is 0 Å². The molecule has 0 radical (unpaired) electrons. The van der Waals surface area contributed by atoms with Crippen LogP contribution in [0, 0.1) is 0 Å². The molecular weight excluding hydrogens is 266 g/mol. The third-order valence-corrected chi connectivity index (χ3v) is 4.30. The molecule has 4 nitrogen and oxygen atoms in total. The summed E-state index contributed by atoms with van der Waals surface area (Å²) in [4.78, 5) is 25.0. The Morgan fingerprint density at radius 2 is 2.00 bits per heavy atom. The van der Waals surface area contributed by atoms with Crippen molar-refractivity contribution in [2.24, 2.45) is 0 Å². The molecule has 114 valence electrons. The number of carboxylic acids is 1. The standard InChI is InChI=1S/C17H23NO3/c1-3-13-6-8-14(9-7-13)12(2)11-16(19)18-10-4-5-15(18)17(20)21/h6-9,12,15H,3-5,10-11H2,1-2H3,(H,20,21). The summed E-state index contributed by atoms with van der Waals surface area (Å²) in [5.74, 6) is -0.828. The zero-order valence-corrected chi connectivity index (χ0v) is 12.7. The zero-order chi connectivity index (χ0) is 15.4. The molecule has 2 rings (SSSR count). The summed E-state index contributed by atoms with van der Waals surface area (Å²) in [5.41, 5.74) is 2.41. The largest absolute Gasteiger partial charge is 0.480 e. The molecular formula is C17H23NO3. The molecule has 0 aromatic heterocycles. The smallest absolute Gasteiger partial charge is 0.326 e. The first-order valence-electron chi connectivity index (χ1n) is 7.64. The summed E-state index contributed by atoms with van der Waals surface area (Å²) in [6.07, 6.45) is 2.72. The minimum Gasteiger partial charge on any atom is -0.480 e.